The summed E-state index contributed by atoms with van der Waals surface area (Å²) < 4.78 is 11.7. The molecule has 8 nitrogen and oxygen atoms in total. The average Bonchev–Trinajstić information content (AvgIpc) is 2.73. The van der Waals surface area contributed by atoms with Crippen LogP contribution in [0.2, 0.25) is 5.02 Å². The number of amides is 4. The molecular formula is C22H17ClIN3O5. The summed E-state index contributed by atoms with van der Waals surface area (Å²) in [6.07, 6.45) is 1.37. The average molecular weight is 566 g/mol. The molecule has 0 aromatic heterocycles. The molecule has 1 aliphatic heterocycles. The largest absolute Gasteiger partial charge is 0.490 e. The van der Waals surface area contributed by atoms with Crippen LogP contribution in [0.15, 0.2) is 35.9 Å². The van der Waals surface area contributed by atoms with Crippen molar-refractivity contribution in [2.45, 2.75) is 13.8 Å². The number of nitrogens with one attached hydrogen (secondary N) is 1. The van der Waals surface area contributed by atoms with Gasteiger partial charge in [-0.1, -0.05) is 17.7 Å². The number of urea groups is 1. The van der Waals surface area contributed by atoms with Crippen LogP contribution in [0.1, 0.15) is 18.1 Å². The molecule has 0 spiro atoms. The highest BCUT2D eigenvalue weighted by Crippen LogP contribution is 2.35. The Morgan fingerprint density at radius 3 is 2.62 bits per heavy atom. The molecular weight excluding hydrogens is 549 g/mol. The van der Waals surface area contributed by atoms with Gasteiger partial charge in [-0.3, -0.25) is 14.9 Å². The lowest BCUT2D eigenvalue weighted by Gasteiger charge is -2.26. The number of aryl methyl sites for hydroxylation is 1. The number of benzene rings is 2. The highest BCUT2D eigenvalue weighted by atomic mass is 127. The first-order chi connectivity index (χ1) is 15.3. The van der Waals surface area contributed by atoms with E-state index in [0.717, 1.165) is 10.5 Å². The standard InChI is InChI=1S/C22H17ClIN3O5/c1-3-31-18-10-13(9-17(24)19(18)32-7-6-25)8-15-20(28)26-22(30)27(21(15)29)14-5-4-12(2)16(23)11-14/h4-5,8-11H,3,7H2,1-2H3,(H,26,28,30)/b15-8-. The normalized spacial score (nSPS) is 14.9. The van der Waals surface area contributed by atoms with Crippen LogP contribution >= 0.6 is 34.2 Å². The molecule has 3 rings (SSSR count). The van der Waals surface area contributed by atoms with E-state index < -0.39 is 17.8 Å². The number of carbonyl (C=O) groups excluding carboxylic acids is 3. The third kappa shape index (κ3) is 4.87. The van der Waals surface area contributed by atoms with Crippen molar-refractivity contribution in [2.24, 2.45) is 0 Å². The number of nitriles is 1. The number of hydrogen-bond donors (Lipinski definition) is 1. The molecule has 1 fully saturated rings. The van der Waals surface area contributed by atoms with Crippen molar-refractivity contribution in [1.29, 1.82) is 5.26 Å². The van der Waals surface area contributed by atoms with Crippen LogP contribution in [0.5, 0.6) is 11.5 Å². The van der Waals surface area contributed by atoms with Gasteiger partial charge in [0.05, 0.1) is 15.9 Å². The van der Waals surface area contributed by atoms with E-state index in [1.807, 2.05) is 28.7 Å². The number of ether oxygens (including phenoxy) is 2. The molecule has 1 heterocycles. The van der Waals surface area contributed by atoms with E-state index in [1.54, 1.807) is 38.1 Å². The first kappa shape index (κ1) is 23.6. The second-order valence-corrected chi connectivity index (χ2v) is 8.17. The second kappa shape index (κ2) is 10.0. The van der Waals surface area contributed by atoms with Gasteiger partial charge >= 0.3 is 6.03 Å². The van der Waals surface area contributed by atoms with E-state index >= 15 is 0 Å². The summed E-state index contributed by atoms with van der Waals surface area (Å²) in [4.78, 5) is 38.8. The molecule has 2 aromatic rings. The monoisotopic (exact) mass is 565 g/mol. The number of barbiturate groups is 1. The van der Waals surface area contributed by atoms with Crippen molar-refractivity contribution in [2.75, 3.05) is 18.1 Å². The van der Waals surface area contributed by atoms with Gasteiger partial charge in [-0.2, -0.15) is 5.26 Å². The molecule has 0 radical (unpaired) electrons. The Labute approximate surface area is 202 Å². The van der Waals surface area contributed by atoms with Gasteiger partial charge in [0.15, 0.2) is 18.1 Å². The molecule has 1 saturated heterocycles. The number of carbonyl (C=O) groups is 3. The number of hydrogen-bond acceptors (Lipinski definition) is 6. The number of halogens is 2. The Morgan fingerprint density at radius 1 is 1.22 bits per heavy atom. The minimum atomic E-state index is -0.859. The Morgan fingerprint density at radius 2 is 1.97 bits per heavy atom. The van der Waals surface area contributed by atoms with E-state index in [1.165, 1.54) is 12.1 Å². The zero-order valence-electron chi connectivity index (χ0n) is 17.1. The lowest BCUT2D eigenvalue weighted by atomic mass is 10.1. The molecule has 2 aromatic carbocycles. The van der Waals surface area contributed by atoms with Crippen molar-refractivity contribution in [3.8, 4) is 17.6 Å². The van der Waals surface area contributed by atoms with Crippen LogP contribution in [0.4, 0.5) is 10.5 Å². The van der Waals surface area contributed by atoms with Crippen LogP contribution in [0.25, 0.3) is 6.08 Å². The fourth-order valence-corrected chi connectivity index (χ4v) is 3.91. The van der Waals surface area contributed by atoms with Gasteiger partial charge in [-0.05, 0) is 77.9 Å². The summed E-state index contributed by atoms with van der Waals surface area (Å²) in [7, 11) is 0. The zero-order chi connectivity index (χ0) is 23.4. The number of rotatable bonds is 6. The lowest BCUT2D eigenvalue weighted by Crippen LogP contribution is -2.54. The molecule has 0 atom stereocenters. The van der Waals surface area contributed by atoms with Crippen LogP contribution in [-0.4, -0.2) is 31.1 Å². The predicted molar refractivity (Wildman–Crippen MR) is 127 cm³/mol. The van der Waals surface area contributed by atoms with Gasteiger partial charge in [-0.25, -0.2) is 9.69 Å². The van der Waals surface area contributed by atoms with Crippen molar-refractivity contribution < 1.29 is 23.9 Å². The predicted octanol–water partition coefficient (Wildman–Crippen LogP) is 4.22. The maximum atomic E-state index is 13.1. The summed E-state index contributed by atoms with van der Waals surface area (Å²) in [6.45, 7) is 3.77. The smallest absolute Gasteiger partial charge is 0.335 e. The van der Waals surface area contributed by atoms with Crippen molar-refractivity contribution in [3.63, 3.8) is 0 Å². The van der Waals surface area contributed by atoms with E-state index in [-0.39, 0.29) is 17.9 Å². The highest BCUT2D eigenvalue weighted by Gasteiger charge is 2.37. The van der Waals surface area contributed by atoms with Crippen molar-refractivity contribution in [3.05, 3.63) is 55.6 Å². The molecule has 164 valence electrons. The van der Waals surface area contributed by atoms with Gasteiger partial charge in [0.2, 0.25) is 0 Å². The third-order valence-corrected chi connectivity index (χ3v) is 5.65. The van der Waals surface area contributed by atoms with Gasteiger partial charge < -0.3 is 9.47 Å². The number of imide groups is 2. The zero-order valence-corrected chi connectivity index (χ0v) is 20.0. The Hall–Kier alpha value is -3.10. The fourth-order valence-electron chi connectivity index (χ4n) is 2.96. The van der Waals surface area contributed by atoms with E-state index in [2.05, 4.69) is 5.32 Å². The summed E-state index contributed by atoms with van der Waals surface area (Å²) in [5, 5.41) is 11.4. The van der Waals surface area contributed by atoms with Gasteiger partial charge in [-0.15, -0.1) is 0 Å². The quantitative estimate of drug-likeness (QED) is 0.319. The summed E-state index contributed by atoms with van der Waals surface area (Å²) in [5.74, 6) is -0.839. The van der Waals surface area contributed by atoms with Gasteiger partial charge in [0.1, 0.15) is 11.6 Å². The first-order valence-electron chi connectivity index (χ1n) is 9.40. The summed E-state index contributed by atoms with van der Waals surface area (Å²) in [5.41, 5.74) is 1.28. The van der Waals surface area contributed by atoms with Crippen molar-refractivity contribution >= 4 is 63.8 Å². The van der Waals surface area contributed by atoms with Gasteiger partial charge in [0.25, 0.3) is 11.8 Å². The van der Waals surface area contributed by atoms with E-state index in [0.29, 0.717) is 32.3 Å². The minimum absolute atomic E-state index is 0.159. The van der Waals surface area contributed by atoms with E-state index in [4.69, 9.17) is 26.3 Å². The Kier molecular flexibility index (Phi) is 7.37. The first-order valence-corrected chi connectivity index (χ1v) is 10.9. The molecule has 0 bridgehead atoms. The molecule has 4 amide bonds. The topological polar surface area (TPSA) is 109 Å². The SMILES string of the molecule is CCOc1cc(/C=C2/C(=O)NC(=O)N(c3ccc(C)c(Cl)c3)C2=O)cc(I)c1OCC#N. The maximum absolute atomic E-state index is 13.1. The lowest BCUT2D eigenvalue weighted by molar-refractivity contribution is -0.122. The molecule has 0 saturated carbocycles. The maximum Gasteiger partial charge on any atom is 0.335 e. The second-order valence-electron chi connectivity index (χ2n) is 6.60. The molecule has 1 aliphatic rings. The number of nitrogens with zero attached hydrogens (tertiary/aromatic N) is 2. The Balaban J connectivity index is 2.03. The van der Waals surface area contributed by atoms with Crippen molar-refractivity contribution in [1.82, 2.24) is 5.32 Å². The molecule has 10 heteroatoms. The molecule has 0 unspecified atom stereocenters. The molecule has 0 aliphatic carbocycles. The Bertz CT molecular complexity index is 1190. The van der Waals surface area contributed by atoms with Crippen LogP contribution in [0, 0.1) is 21.8 Å². The molecule has 1 N–H and O–H groups in total. The molecule has 32 heavy (non-hydrogen) atoms. The minimum Gasteiger partial charge on any atom is -0.490 e. The fraction of sp³-hybridized carbons (Fsp3) is 0.182. The number of anilines is 1. The van der Waals surface area contributed by atoms with Crippen LogP contribution < -0.4 is 19.7 Å². The van der Waals surface area contributed by atoms with Crippen LogP contribution in [0.3, 0.4) is 0 Å². The van der Waals surface area contributed by atoms with E-state index in [9.17, 15) is 14.4 Å². The van der Waals surface area contributed by atoms with Crippen LogP contribution in [-0.2, 0) is 9.59 Å². The van der Waals surface area contributed by atoms with Gasteiger partial charge in [0, 0.05) is 5.02 Å². The highest BCUT2D eigenvalue weighted by molar-refractivity contribution is 14.1. The summed E-state index contributed by atoms with van der Waals surface area (Å²) >= 11 is 8.15. The summed E-state index contributed by atoms with van der Waals surface area (Å²) in [6, 6.07) is 9.04. The third-order valence-electron chi connectivity index (χ3n) is 4.44.